The van der Waals surface area contributed by atoms with E-state index >= 15 is 0 Å². The molecule has 3 atom stereocenters. The van der Waals surface area contributed by atoms with Crippen LogP contribution in [0.15, 0.2) is 18.2 Å². The van der Waals surface area contributed by atoms with Crippen LogP contribution in [0.3, 0.4) is 0 Å². The molecule has 4 nitrogen and oxygen atoms in total. The lowest BCUT2D eigenvalue weighted by atomic mass is 9.86. The van der Waals surface area contributed by atoms with E-state index in [-0.39, 0.29) is 5.91 Å². The number of nitrogens with one attached hydrogen (secondary N) is 1. The summed E-state index contributed by atoms with van der Waals surface area (Å²) in [6, 6.07) is 5.44. The van der Waals surface area contributed by atoms with E-state index in [2.05, 4.69) is 5.32 Å². The number of hydrogen-bond acceptors (Lipinski definition) is 3. The van der Waals surface area contributed by atoms with Crippen molar-refractivity contribution in [2.75, 3.05) is 19.5 Å². The number of rotatable bonds is 5. The van der Waals surface area contributed by atoms with Crippen LogP contribution in [-0.2, 0) is 4.79 Å². The minimum absolute atomic E-state index is 0.0825. The summed E-state index contributed by atoms with van der Waals surface area (Å²) < 4.78 is 10.5. The standard InChI is InChI=1S/C17H23NO3/c1-20-14-5-6-16(21-2)15(10-14)18-17(19)9-13-8-11-3-4-12(13)7-11/h5-6,10-13H,3-4,7-9H2,1-2H3,(H,18,19)/t11-,12-,13+/m0/s1. The molecule has 1 amide bonds. The average molecular weight is 289 g/mol. The third-order valence-electron chi connectivity index (χ3n) is 5.01. The van der Waals surface area contributed by atoms with Crippen molar-refractivity contribution in [1.82, 2.24) is 0 Å². The Labute approximate surface area is 125 Å². The van der Waals surface area contributed by atoms with Gasteiger partial charge in [0.15, 0.2) is 0 Å². The van der Waals surface area contributed by atoms with Crippen LogP contribution in [0.25, 0.3) is 0 Å². The highest BCUT2D eigenvalue weighted by atomic mass is 16.5. The smallest absolute Gasteiger partial charge is 0.224 e. The second-order valence-corrected chi connectivity index (χ2v) is 6.25. The van der Waals surface area contributed by atoms with Gasteiger partial charge in [-0.3, -0.25) is 4.79 Å². The summed E-state index contributed by atoms with van der Waals surface area (Å²) in [5.74, 6) is 3.68. The first-order chi connectivity index (χ1) is 10.2. The fourth-order valence-electron chi connectivity index (χ4n) is 3.98. The first-order valence-corrected chi connectivity index (χ1v) is 7.71. The fourth-order valence-corrected chi connectivity index (χ4v) is 3.98. The van der Waals surface area contributed by atoms with Crippen molar-refractivity contribution >= 4 is 11.6 Å². The lowest BCUT2D eigenvalue weighted by Gasteiger charge is -2.21. The van der Waals surface area contributed by atoms with Crippen LogP contribution in [0.4, 0.5) is 5.69 Å². The van der Waals surface area contributed by atoms with Crippen LogP contribution >= 0.6 is 0 Å². The van der Waals surface area contributed by atoms with Gasteiger partial charge in [0.25, 0.3) is 0 Å². The number of hydrogen-bond donors (Lipinski definition) is 1. The van der Waals surface area contributed by atoms with E-state index in [1.165, 1.54) is 25.7 Å². The molecule has 0 unspecified atom stereocenters. The molecule has 0 saturated heterocycles. The Hall–Kier alpha value is -1.71. The Morgan fingerprint density at radius 3 is 2.71 bits per heavy atom. The number of anilines is 1. The quantitative estimate of drug-likeness (QED) is 0.903. The molecule has 2 saturated carbocycles. The van der Waals surface area contributed by atoms with Gasteiger partial charge in [0.2, 0.25) is 5.91 Å². The highest BCUT2D eigenvalue weighted by molar-refractivity contribution is 5.92. The fraction of sp³-hybridized carbons (Fsp3) is 0.588. The third-order valence-corrected chi connectivity index (χ3v) is 5.01. The highest BCUT2D eigenvalue weighted by Crippen LogP contribution is 2.49. The molecule has 0 spiro atoms. The summed E-state index contributed by atoms with van der Waals surface area (Å²) in [5.41, 5.74) is 0.685. The second kappa shape index (κ2) is 5.96. The molecule has 1 aromatic rings. The predicted octanol–water partition coefficient (Wildman–Crippen LogP) is 3.47. The molecule has 0 heterocycles. The van der Waals surface area contributed by atoms with E-state index in [1.807, 2.05) is 12.1 Å². The van der Waals surface area contributed by atoms with Crippen LogP contribution in [0.2, 0.25) is 0 Å². The van der Waals surface area contributed by atoms with E-state index in [1.54, 1.807) is 20.3 Å². The van der Waals surface area contributed by atoms with Crippen LogP contribution < -0.4 is 14.8 Å². The van der Waals surface area contributed by atoms with E-state index in [9.17, 15) is 4.79 Å². The van der Waals surface area contributed by atoms with Crippen molar-refractivity contribution in [3.8, 4) is 11.5 Å². The Morgan fingerprint density at radius 2 is 2.10 bits per heavy atom. The topological polar surface area (TPSA) is 47.6 Å². The van der Waals surface area contributed by atoms with Crippen LogP contribution in [-0.4, -0.2) is 20.1 Å². The third kappa shape index (κ3) is 2.99. The Balaban J connectivity index is 1.64. The van der Waals surface area contributed by atoms with Crippen LogP contribution in [0.5, 0.6) is 11.5 Å². The molecule has 2 aliphatic carbocycles. The summed E-state index contributed by atoms with van der Waals surface area (Å²) in [6.45, 7) is 0. The first-order valence-electron chi connectivity index (χ1n) is 7.71. The molecule has 2 fully saturated rings. The summed E-state index contributed by atoms with van der Waals surface area (Å²) in [7, 11) is 3.22. The number of carbonyl (C=O) groups excluding carboxylic acids is 1. The number of benzene rings is 1. The van der Waals surface area contributed by atoms with Crippen molar-refractivity contribution in [1.29, 1.82) is 0 Å². The SMILES string of the molecule is COc1ccc(OC)c(NC(=O)C[C@H]2C[C@H]3CC[C@H]2C3)c1. The minimum atomic E-state index is 0.0825. The van der Waals surface area contributed by atoms with Crippen LogP contribution in [0.1, 0.15) is 32.1 Å². The van der Waals surface area contributed by atoms with Gasteiger partial charge in [0, 0.05) is 12.5 Å². The maximum Gasteiger partial charge on any atom is 0.224 e. The van der Waals surface area contributed by atoms with E-state index in [0.29, 0.717) is 29.5 Å². The molecule has 0 aromatic heterocycles. The molecule has 1 N–H and O–H groups in total. The zero-order valence-corrected chi connectivity index (χ0v) is 12.7. The van der Waals surface area contributed by atoms with Gasteiger partial charge in [0.05, 0.1) is 19.9 Å². The summed E-state index contributed by atoms with van der Waals surface area (Å²) in [4.78, 5) is 12.3. The lowest BCUT2D eigenvalue weighted by molar-refractivity contribution is -0.117. The number of ether oxygens (including phenoxy) is 2. The molecule has 0 radical (unpaired) electrons. The van der Waals surface area contributed by atoms with Crippen molar-refractivity contribution in [2.45, 2.75) is 32.1 Å². The van der Waals surface area contributed by atoms with E-state index < -0.39 is 0 Å². The van der Waals surface area contributed by atoms with Gasteiger partial charge in [-0.05, 0) is 49.1 Å². The molecule has 3 rings (SSSR count). The maximum absolute atomic E-state index is 12.3. The molecule has 2 aliphatic rings. The number of fused-ring (bicyclic) bond motifs is 2. The highest BCUT2D eigenvalue weighted by Gasteiger charge is 2.40. The van der Waals surface area contributed by atoms with Gasteiger partial charge >= 0.3 is 0 Å². The molecule has 2 bridgehead atoms. The van der Waals surface area contributed by atoms with E-state index in [0.717, 1.165) is 11.8 Å². The minimum Gasteiger partial charge on any atom is -0.497 e. The number of methoxy groups -OCH3 is 2. The molecule has 0 aliphatic heterocycles. The number of carbonyl (C=O) groups is 1. The average Bonchev–Trinajstić information content (AvgIpc) is 3.09. The molecular weight excluding hydrogens is 266 g/mol. The van der Waals surface area contributed by atoms with E-state index in [4.69, 9.17) is 9.47 Å². The summed E-state index contributed by atoms with van der Waals surface area (Å²) in [5, 5.41) is 2.98. The first kappa shape index (κ1) is 14.2. The Kier molecular flexibility index (Phi) is 4.04. The molecule has 1 aromatic carbocycles. The molecular formula is C17H23NO3. The second-order valence-electron chi connectivity index (χ2n) is 6.25. The van der Waals surface area contributed by atoms with Gasteiger partial charge in [-0.1, -0.05) is 6.42 Å². The zero-order chi connectivity index (χ0) is 14.8. The molecule has 4 heteroatoms. The monoisotopic (exact) mass is 289 g/mol. The van der Waals surface area contributed by atoms with Crippen molar-refractivity contribution in [2.24, 2.45) is 17.8 Å². The largest absolute Gasteiger partial charge is 0.497 e. The zero-order valence-electron chi connectivity index (χ0n) is 12.7. The van der Waals surface area contributed by atoms with Gasteiger partial charge in [-0.15, -0.1) is 0 Å². The molecule has 21 heavy (non-hydrogen) atoms. The number of amides is 1. The summed E-state index contributed by atoms with van der Waals surface area (Å²) >= 11 is 0. The van der Waals surface area contributed by atoms with Gasteiger partial charge in [-0.25, -0.2) is 0 Å². The normalized spacial score (nSPS) is 26.7. The summed E-state index contributed by atoms with van der Waals surface area (Å²) in [6.07, 6.45) is 5.87. The maximum atomic E-state index is 12.3. The predicted molar refractivity (Wildman–Crippen MR) is 81.7 cm³/mol. The van der Waals surface area contributed by atoms with Crippen molar-refractivity contribution in [3.63, 3.8) is 0 Å². The van der Waals surface area contributed by atoms with Gasteiger partial charge in [-0.2, -0.15) is 0 Å². The van der Waals surface area contributed by atoms with Crippen molar-refractivity contribution in [3.05, 3.63) is 18.2 Å². The van der Waals surface area contributed by atoms with Gasteiger partial charge in [0.1, 0.15) is 11.5 Å². The van der Waals surface area contributed by atoms with Crippen LogP contribution in [0, 0.1) is 17.8 Å². The van der Waals surface area contributed by atoms with Crippen molar-refractivity contribution < 1.29 is 14.3 Å². The lowest BCUT2D eigenvalue weighted by Crippen LogP contribution is -2.20. The Bertz CT molecular complexity index is 529. The Morgan fingerprint density at radius 1 is 1.24 bits per heavy atom. The van der Waals surface area contributed by atoms with Gasteiger partial charge < -0.3 is 14.8 Å². The molecule has 114 valence electrons.